The summed E-state index contributed by atoms with van der Waals surface area (Å²) in [5.41, 5.74) is 6.51. The van der Waals surface area contributed by atoms with Gasteiger partial charge < -0.3 is 10.6 Å². The van der Waals surface area contributed by atoms with E-state index in [1.165, 1.54) is 6.07 Å². The van der Waals surface area contributed by atoms with Gasteiger partial charge in [-0.15, -0.1) is 0 Å². The maximum absolute atomic E-state index is 12.2. The number of nitrogen functional groups attached to an aromatic ring is 1. The molecule has 0 bridgehead atoms. The summed E-state index contributed by atoms with van der Waals surface area (Å²) in [5.74, 6) is 0. The fraction of sp³-hybridized carbons (Fsp3) is 0.538. The van der Waals surface area contributed by atoms with E-state index in [-0.39, 0.29) is 10.6 Å². The van der Waals surface area contributed by atoms with Crippen LogP contribution in [0.1, 0.15) is 19.4 Å². The van der Waals surface area contributed by atoms with Crippen molar-refractivity contribution in [2.75, 3.05) is 25.9 Å². The fourth-order valence-corrected chi connectivity index (χ4v) is 3.15. The molecule has 0 aliphatic carbocycles. The predicted molar refractivity (Wildman–Crippen MR) is 83.6 cm³/mol. The van der Waals surface area contributed by atoms with E-state index in [1.807, 2.05) is 7.05 Å². The van der Waals surface area contributed by atoms with Crippen molar-refractivity contribution >= 4 is 27.3 Å². The van der Waals surface area contributed by atoms with Crippen LogP contribution < -0.4 is 10.5 Å². The van der Waals surface area contributed by atoms with Crippen LogP contribution in [0.4, 0.5) is 5.69 Å². The van der Waals surface area contributed by atoms with E-state index in [9.17, 15) is 8.42 Å². The molecule has 0 heterocycles. The monoisotopic (exact) mass is 319 g/mol. The number of rotatable bonds is 6. The quantitative estimate of drug-likeness (QED) is 0.785. The van der Waals surface area contributed by atoms with E-state index in [0.717, 1.165) is 0 Å². The molecule has 0 aliphatic heterocycles. The first kappa shape index (κ1) is 17.2. The molecule has 7 heteroatoms. The van der Waals surface area contributed by atoms with Gasteiger partial charge in [-0.1, -0.05) is 11.6 Å². The molecule has 0 radical (unpaired) electrons. The lowest BCUT2D eigenvalue weighted by Gasteiger charge is -2.21. The van der Waals surface area contributed by atoms with Crippen molar-refractivity contribution in [2.24, 2.45) is 0 Å². The lowest BCUT2D eigenvalue weighted by atomic mass is 10.2. The third-order valence-electron chi connectivity index (χ3n) is 3.22. The van der Waals surface area contributed by atoms with Crippen LogP contribution in [-0.2, 0) is 10.0 Å². The summed E-state index contributed by atoms with van der Waals surface area (Å²) in [6.45, 7) is 6.79. The number of benzene rings is 1. The van der Waals surface area contributed by atoms with Crippen LogP contribution in [0.25, 0.3) is 0 Å². The van der Waals surface area contributed by atoms with Crippen LogP contribution in [0.5, 0.6) is 0 Å². The van der Waals surface area contributed by atoms with Gasteiger partial charge >= 0.3 is 0 Å². The average Bonchev–Trinajstić information content (AvgIpc) is 2.33. The van der Waals surface area contributed by atoms with E-state index in [0.29, 0.717) is 29.7 Å². The van der Waals surface area contributed by atoms with Gasteiger partial charge in [0.2, 0.25) is 10.0 Å². The maximum Gasteiger partial charge on any atom is 0.240 e. The summed E-state index contributed by atoms with van der Waals surface area (Å²) in [4.78, 5) is 2.23. The Morgan fingerprint density at radius 3 is 2.55 bits per heavy atom. The molecule has 20 heavy (non-hydrogen) atoms. The van der Waals surface area contributed by atoms with Crippen molar-refractivity contribution in [3.8, 4) is 0 Å². The number of nitrogens with zero attached hydrogens (tertiary/aromatic N) is 1. The number of nitrogens with two attached hydrogens (primary N) is 1. The summed E-state index contributed by atoms with van der Waals surface area (Å²) in [6.07, 6.45) is 0. The summed E-state index contributed by atoms with van der Waals surface area (Å²) in [7, 11) is -1.62. The molecule has 0 saturated carbocycles. The predicted octanol–water partition coefficient (Wildman–Crippen LogP) is 1.85. The summed E-state index contributed by atoms with van der Waals surface area (Å²) < 4.78 is 27.1. The largest absolute Gasteiger partial charge is 0.397 e. The molecular formula is C13H22ClN3O2S. The Hall–Kier alpha value is -0.820. The number of anilines is 1. The van der Waals surface area contributed by atoms with E-state index in [2.05, 4.69) is 23.5 Å². The highest BCUT2D eigenvalue weighted by atomic mass is 35.5. The highest BCUT2D eigenvalue weighted by molar-refractivity contribution is 7.89. The van der Waals surface area contributed by atoms with Gasteiger partial charge in [0, 0.05) is 19.1 Å². The number of nitrogens with one attached hydrogen (secondary N) is 1. The van der Waals surface area contributed by atoms with Crippen LogP contribution >= 0.6 is 11.6 Å². The van der Waals surface area contributed by atoms with E-state index < -0.39 is 10.0 Å². The molecule has 0 fully saturated rings. The number of sulfonamides is 1. The van der Waals surface area contributed by atoms with Gasteiger partial charge in [0.25, 0.3) is 0 Å². The molecule has 0 aliphatic rings. The summed E-state index contributed by atoms with van der Waals surface area (Å²) >= 11 is 5.87. The third kappa shape index (κ3) is 4.34. The van der Waals surface area contributed by atoms with Gasteiger partial charge in [-0.05, 0) is 45.5 Å². The second-order valence-corrected chi connectivity index (χ2v) is 7.25. The number of hydrogen-bond acceptors (Lipinski definition) is 4. The van der Waals surface area contributed by atoms with E-state index in [1.54, 1.807) is 13.0 Å². The number of halogens is 1. The van der Waals surface area contributed by atoms with Gasteiger partial charge in [-0.2, -0.15) is 0 Å². The highest BCUT2D eigenvalue weighted by Crippen LogP contribution is 2.25. The Kier molecular flexibility index (Phi) is 5.82. The molecule has 3 N–H and O–H groups in total. The highest BCUT2D eigenvalue weighted by Gasteiger charge is 2.18. The van der Waals surface area contributed by atoms with Crippen LogP contribution in [-0.4, -0.2) is 39.5 Å². The van der Waals surface area contributed by atoms with Gasteiger partial charge in [0.1, 0.15) is 0 Å². The topological polar surface area (TPSA) is 75.4 Å². The molecule has 0 unspecified atom stereocenters. The van der Waals surface area contributed by atoms with Crippen LogP contribution in [0, 0.1) is 6.92 Å². The van der Waals surface area contributed by atoms with Gasteiger partial charge in [-0.3, -0.25) is 0 Å². The first-order valence-electron chi connectivity index (χ1n) is 6.40. The Morgan fingerprint density at radius 2 is 2.00 bits per heavy atom. The molecule has 0 atom stereocenters. The normalized spacial score (nSPS) is 12.3. The van der Waals surface area contributed by atoms with Crippen molar-refractivity contribution in [1.82, 2.24) is 9.62 Å². The Bertz CT molecular complexity index is 573. The zero-order chi connectivity index (χ0) is 15.5. The minimum Gasteiger partial charge on any atom is -0.397 e. The van der Waals surface area contributed by atoms with E-state index in [4.69, 9.17) is 17.3 Å². The van der Waals surface area contributed by atoms with Crippen molar-refractivity contribution < 1.29 is 8.42 Å². The fourth-order valence-electron chi connectivity index (χ4n) is 1.65. The standard InChI is InChI=1S/C13H22ClN3O2S/c1-9(2)17(4)6-5-16-20(18,19)13-8-12(15)11(14)7-10(13)3/h7-9,16H,5-6,15H2,1-4H3. The van der Waals surface area contributed by atoms with Crippen LogP contribution in [0.15, 0.2) is 17.0 Å². The van der Waals surface area contributed by atoms with Gasteiger partial charge in [-0.25, -0.2) is 13.1 Å². The first-order chi connectivity index (χ1) is 9.15. The number of likely N-dealkylation sites (N-methyl/N-ethyl adjacent to an activating group) is 1. The molecular weight excluding hydrogens is 298 g/mol. The van der Waals surface area contributed by atoms with Crippen molar-refractivity contribution in [2.45, 2.75) is 31.7 Å². The second kappa shape index (κ2) is 6.76. The minimum atomic E-state index is -3.57. The smallest absolute Gasteiger partial charge is 0.240 e. The van der Waals surface area contributed by atoms with Gasteiger partial charge in [0.15, 0.2) is 0 Å². The molecule has 0 aromatic heterocycles. The molecule has 1 aromatic rings. The first-order valence-corrected chi connectivity index (χ1v) is 8.26. The zero-order valence-electron chi connectivity index (χ0n) is 12.3. The second-order valence-electron chi connectivity index (χ2n) is 5.11. The number of aryl methyl sites for hydroxylation is 1. The van der Waals surface area contributed by atoms with Crippen molar-refractivity contribution in [3.05, 3.63) is 22.7 Å². The molecule has 114 valence electrons. The van der Waals surface area contributed by atoms with Crippen LogP contribution in [0.3, 0.4) is 0 Å². The minimum absolute atomic E-state index is 0.173. The van der Waals surface area contributed by atoms with Crippen molar-refractivity contribution in [3.63, 3.8) is 0 Å². The molecule has 0 saturated heterocycles. The lowest BCUT2D eigenvalue weighted by Crippen LogP contribution is -2.36. The Balaban J connectivity index is 2.82. The SMILES string of the molecule is Cc1cc(Cl)c(N)cc1S(=O)(=O)NCCN(C)C(C)C. The van der Waals surface area contributed by atoms with Crippen LogP contribution in [0.2, 0.25) is 5.02 Å². The summed E-state index contributed by atoms with van der Waals surface area (Å²) in [6, 6.07) is 3.32. The maximum atomic E-state index is 12.2. The lowest BCUT2D eigenvalue weighted by molar-refractivity contribution is 0.278. The molecule has 0 spiro atoms. The molecule has 0 amide bonds. The van der Waals surface area contributed by atoms with Crippen molar-refractivity contribution in [1.29, 1.82) is 0 Å². The van der Waals surface area contributed by atoms with Gasteiger partial charge in [0.05, 0.1) is 15.6 Å². The number of hydrogen-bond donors (Lipinski definition) is 2. The van der Waals surface area contributed by atoms with E-state index >= 15 is 0 Å². The Labute approximate surface area is 126 Å². The molecule has 5 nitrogen and oxygen atoms in total. The zero-order valence-corrected chi connectivity index (χ0v) is 13.8. The molecule has 1 aromatic carbocycles. The average molecular weight is 320 g/mol. The summed E-state index contributed by atoms with van der Waals surface area (Å²) in [5, 5.41) is 0.362. The Morgan fingerprint density at radius 1 is 1.40 bits per heavy atom. The molecule has 1 rings (SSSR count). The third-order valence-corrected chi connectivity index (χ3v) is 5.15.